The van der Waals surface area contributed by atoms with E-state index in [1.807, 2.05) is 18.2 Å². The number of fused-ring (bicyclic) bond motifs is 2. The number of halogens is 1. The van der Waals surface area contributed by atoms with Gasteiger partial charge >= 0.3 is 0 Å². The van der Waals surface area contributed by atoms with E-state index in [1.54, 1.807) is 11.6 Å². The SMILES string of the molecule is COc1ccc(Nc2c3c(nc4ncnn24)CCCC3)cc1Cl. The van der Waals surface area contributed by atoms with Crippen LogP contribution >= 0.6 is 11.6 Å². The number of anilines is 2. The van der Waals surface area contributed by atoms with Crippen LogP contribution in [0.3, 0.4) is 0 Å². The van der Waals surface area contributed by atoms with Gasteiger partial charge in [0.1, 0.15) is 17.9 Å². The van der Waals surface area contributed by atoms with Crippen LogP contribution in [0, 0.1) is 0 Å². The normalized spacial score (nSPS) is 13.8. The standard InChI is InChI=1S/C16H16ClN5O/c1-23-14-7-6-10(8-12(14)17)20-15-11-4-2-3-5-13(11)21-16-18-9-19-22(15)16/h6-9,20H,2-5H2,1H3. The lowest BCUT2D eigenvalue weighted by Crippen LogP contribution is -2.13. The Morgan fingerprint density at radius 3 is 2.96 bits per heavy atom. The van der Waals surface area contributed by atoms with Crippen LogP contribution in [0.2, 0.25) is 5.02 Å². The van der Waals surface area contributed by atoms with Gasteiger partial charge in [0, 0.05) is 11.3 Å². The second-order valence-corrected chi connectivity index (χ2v) is 5.95. The summed E-state index contributed by atoms with van der Waals surface area (Å²) in [6.07, 6.45) is 5.83. The predicted molar refractivity (Wildman–Crippen MR) is 88.7 cm³/mol. The molecule has 0 fully saturated rings. The molecule has 0 atom stereocenters. The second-order valence-electron chi connectivity index (χ2n) is 5.54. The van der Waals surface area contributed by atoms with E-state index < -0.39 is 0 Å². The summed E-state index contributed by atoms with van der Waals surface area (Å²) in [4.78, 5) is 8.85. The zero-order chi connectivity index (χ0) is 15.8. The molecule has 1 aromatic carbocycles. The lowest BCUT2D eigenvalue weighted by molar-refractivity contribution is 0.415. The highest BCUT2D eigenvalue weighted by Crippen LogP contribution is 2.32. The largest absolute Gasteiger partial charge is 0.495 e. The smallest absolute Gasteiger partial charge is 0.254 e. The minimum Gasteiger partial charge on any atom is -0.495 e. The fourth-order valence-corrected chi connectivity index (χ4v) is 3.25. The summed E-state index contributed by atoms with van der Waals surface area (Å²) in [5, 5.41) is 8.30. The average Bonchev–Trinajstić information content (AvgIpc) is 3.03. The monoisotopic (exact) mass is 329 g/mol. The molecule has 0 saturated carbocycles. The molecule has 0 bridgehead atoms. The number of benzene rings is 1. The van der Waals surface area contributed by atoms with E-state index in [-0.39, 0.29) is 0 Å². The van der Waals surface area contributed by atoms with E-state index in [0.717, 1.165) is 42.9 Å². The van der Waals surface area contributed by atoms with Crippen LogP contribution in [-0.2, 0) is 12.8 Å². The lowest BCUT2D eigenvalue weighted by atomic mass is 9.96. The Bertz CT molecular complexity index is 876. The van der Waals surface area contributed by atoms with E-state index in [1.165, 1.54) is 11.9 Å². The summed E-state index contributed by atoms with van der Waals surface area (Å²) < 4.78 is 6.95. The number of methoxy groups -OCH3 is 1. The van der Waals surface area contributed by atoms with Crippen molar-refractivity contribution in [3.63, 3.8) is 0 Å². The maximum atomic E-state index is 6.22. The van der Waals surface area contributed by atoms with Gasteiger partial charge in [-0.15, -0.1) is 0 Å². The van der Waals surface area contributed by atoms with Crippen LogP contribution in [-0.4, -0.2) is 26.7 Å². The Balaban J connectivity index is 1.81. The highest BCUT2D eigenvalue weighted by atomic mass is 35.5. The summed E-state index contributed by atoms with van der Waals surface area (Å²) >= 11 is 6.22. The molecule has 3 aromatic rings. The van der Waals surface area contributed by atoms with Crippen molar-refractivity contribution in [2.75, 3.05) is 12.4 Å². The second kappa shape index (κ2) is 5.70. The maximum Gasteiger partial charge on any atom is 0.254 e. The molecular formula is C16H16ClN5O. The van der Waals surface area contributed by atoms with Gasteiger partial charge in [0.2, 0.25) is 0 Å². The summed E-state index contributed by atoms with van der Waals surface area (Å²) in [6.45, 7) is 0. The predicted octanol–water partition coefficient (Wildman–Crippen LogP) is 3.41. The van der Waals surface area contributed by atoms with Crippen molar-refractivity contribution in [3.05, 3.63) is 40.8 Å². The first kappa shape index (κ1) is 14.3. The molecule has 0 spiro atoms. The van der Waals surface area contributed by atoms with Gasteiger partial charge in [0.05, 0.1) is 17.8 Å². The fourth-order valence-electron chi connectivity index (χ4n) is 3.00. The van der Waals surface area contributed by atoms with Gasteiger partial charge < -0.3 is 10.1 Å². The Labute approximate surface area is 138 Å². The minimum atomic E-state index is 0.565. The summed E-state index contributed by atoms with van der Waals surface area (Å²) in [5.74, 6) is 2.19. The Morgan fingerprint density at radius 2 is 2.13 bits per heavy atom. The van der Waals surface area contributed by atoms with Crippen LogP contribution in [0.1, 0.15) is 24.1 Å². The topological polar surface area (TPSA) is 64.3 Å². The van der Waals surface area contributed by atoms with Crippen molar-refractivity contribution in [2.24, 2.45) is 0 Å². The number of ether oxygens (including phenoxy) is 1. The number of nitrogens with zero attached hydrogens (tertiary/aromatic N) is 4. The Hall–Kier alpha value is -2.34. The lowest BCUT2D eigenvalue weighted by Gasteiger charge is -2.20. The molecule has 1 N–H and O–H groups in total. The van der Waals surface area contributed by atoms with Crippen LogP contribution in [0.4, 0.5) is 11.5 Å². The van der Waals surface area contributed by atoms with E-state index >= 15 is 0 Å². The number of aryl methyl sites for hydroxylation is 1. The van der Waals surface area contributed by atoms with E-state index in [9.17, 15) is 0 Å². The third-order valence-corrected chi connectivity index (χ3v) is 4.41. The number of hydrogen-bond acceptors (Lipinski definition) is 5. The molecule has 4 rings (SSSR count). The van der Waals surface area contributed by atoms with Crippen molar-refractivity contribution in [1.29, 1.82) is 0 Å². The van der Waals surface area contributed by atoms with Gasteiger partial charge in [0.25, 0.3) is 5.78 Å². The van der Waals surface area contributed by atoms with Crippen molar-refractivity contribution >= 4 is 28.9 Å². The Kier molecular flexibility index (Phi) is 3.53. The van der Waals surface area contributed by atoms with Gasteiger partial charge in [-0.3, -0.25) is 0 Å². The van der Waals surface area contributed by atoms with Crippen molar-refractivity contribution in [3.8, 4) is 5.75 Å². The molecule has 7 heteroatoms. The van der Waals surface area contributed by atoms with Gasteiger partial charge in [0.15, 0.2) is 0 Å². The molecule has 1 aliphatic carbocycles. The quantitative estimate of drug-likeness (QED) is 0.797. The van der Waals surface area contributed by atoms with Crippen LogP contribution in [0.25, 0.3) is 5.78 Å². The summed E-state index contributed by atoms with van der Waals surface area (Å²) in [5.41, 5.74) is 3.20. The molecule has 23 heavy (non-hydrogen) atoms. The molecule has 0 radical (unpaired) electrons. The number of nitrogens with one attached hydrogen (secondary N) is 1. The molecule has 0 amide bonds. The number of aromatic nitrogens is 4. The Morgan fingerprint density at radius 1 is 1.26 bits per heavy atom. The highest BCUT2D eigenvalue weighted by Gasteiger charge is 2.19. The van der Waals surface area contributed by atoms with E-state index in [2.05, 4.69) is 20.4 Å². The summed E-state index contributed by atoms with van der Waals surface area (Å²) in [6, 6.07) is 5.62. The molecule has 1 aliphatic rings. The molecule has 6 nitrogen and oxygen atoms in total. The van der Waals surface area contributed by atoms with Crippen molar-refractivity contribution in [2.45, 2.75) is 25.7 Å². The zero-order valence-corrected chi connectivity index (χ0v) is 13.5. The first-order valence-electron chi connectivity index (χ1n) is 7.58. The fraction of sp³-hybridized carbons (Fsp3) is 0.312. The molecule has 118 valence electrons. The summed E-state index contributed by atoms with van der Waals surface area (Å²) in [7, 11) is 1.60. The number of rotatable bonds is 3. The van der Waals surface area contributed by atoms with Crippen LogP contribution in [0.5, 0.6) is 5.75 Å². The first-order valence-corrected chi connectivity index (χ1v) is 7.96. The number of hydrogen-bond donors (Lipinski definition) is 1. The van der Waals surface area contributed by atoms with Gasteiger partial charge in [-0.1, -0.05) is 11.6 Å². The minimum absolute atomic E-state index is 0.565. The maximum absolute atomic E-state index is 6.22. The average molecular weight is 330 g/mol. The van der Waals surface area contributed by atoms with Gasteiger partial charge in [-0.25, -0.2) is 4.98 Å². The highest BCUT2D eigenvalue weighted by molar-refractivity contribution is 6.32. The molecule has 0 unspecified atom stereocenters. The molecular weight excluding hydrogens is 314 g/mol. The van der Waals surface area contributed by atoms with Crippen LogP contribution < -0.4 is 10.1 Å². The zero-order valence-electron chi connectivity index (χ0n) is 12.7. The van der Waals surface area contributed by atoms with E-state index in [4.69, 9.17) is 16.3 Å². The molecule has 0 saturated heterocycles. The molecule has 0 aliphatic heterocycles. The first-order chi connectivity index (χ1) is 11.3. The molecule has 2 aromatic heterocycles. The third-order valence-electron chi connectivity index (χ3n) is 4.12. The van der Waals surface area contributed by atoms with E-state index in [0.29, 0.717) is 16.5 Å². The van der Waals surface area contributed by atoms with Crippen molar-refractivity contribution < 1.29 is 4.74 Å². The molecule has 2 heterocycles. The van der Waals surface area contributed by atoms with Crippen LogP contribution in [0.15, 0.2) is 24.5 Å². The van der Waals surface area contributed by atoms with Gasteiger partial charge in [-0.05, 0) is 43.9 Å². The van der Waals surface area contributed by atoms with Crippen molar-refractivity contribution in [1.82, 2.24) is 19.6 Å². The third kappa shape index (κ3) is 2.49. The van der Waals surface area contributed by atoms with Gasteiger partial charge in [-0.2, -0.15) is 14.6 Å².